The molecule has 0 fully saturated rings. The summed E-state index contributed by atoms with van der Waals surface area (Å²) in [4.78, 5) is 19.0. The van der Waals surface area contributed by atoms with E-state index in [2.05, 4.69) is 37.5 Å². The van der Waals surface area contributed by atoms with Crippen LogP contribution in [0, 0.1) is 6.92 Å². The summed E-state index contributed by atoms with van der Waals surface area (Å²) in [6, 6.07) is 25.6. The van der Waals surface area contributed by atoms with Crippen LogP contribution >= 0.6 is 0 Å². The topological polar surface area (TPSA) is 98.2 Å². The number of H-pyrrole nitrogens is 1. The second-order valence-corrected chi connectivity index (χ2v) is 9.54. The van der Waals surface area contributed by atoms with E-state index < -0.39 is 6.04 Å². The van der Waals surface area contributed by atoms with Crippen LogP contribution in [0.2, 0.25) is 0 Å². The molecule has 0 radical (unpaired) electrons. The fourth-order valence-corrected chi connectivity index (χ4v) is 4.80. The molecule has 1 atom stereocenters. The van der Waals surface area contributed by atoms with E-state index in [0.29, 0.717) is 37.6 Å². The lowest BCUT2D eigenvalue weighted by atomic mass is 10.0. The van der Waals surface area contributed by atoms with Gasteiger partial charge in [-0.3, -0.25) is 9.69 Å². The Bertz CT molecular complexity index is 1580. The van der Waals surface area contributed by atoms with Gasteiger partial charge in [-0.15, -0.1) is 5.10 Å². The summed E-state index contributed by atoms with van der Waals surface area (Å²) in [5.41, 5.74) is 4.46. The molecule has 3 aromatic carbocycles. The number of tetrazole rings is 1. The fraction of sp³-hybridized carbons (Fsp3) is 0.267. The lowest BCUT2D eigenvalue weighted by Gasteiger charge is -2.31. The molecule has 1 N–H and O–H groups in total. The van der Waals surface area contributed by atoms with Gasteiger partial charge in [0.2, 0.25) is 0 Å². The maximum absolute atomic E-state index is 13.7. The quantitative estimate of drug-likeness (QED) is 0.276. The van der Waals surface area contributed by atoms with Crippen LogP contribution in [-0.2, 0) is 24.4 Å². The predicted molar refractivity (Wildman–Crippen MR) is 150 cm³/mol. The number of benzene rings is 3. The van der Waals surface area contributed by atoms with E-state index in [-0.39, 0.29) is 5.56 Å². The maximum Gasteiger partial charge on any atom is 0.253 e. The van der Waals surface area contributed by atoms with Crippen molar-refractivity contribution in [2.75, 3.05) is 20.8 Å². The molecule has 0 aliphatic rings. The highest BCUT2D eigenvalue weighted by Crippen LogP contribution is 2.30. The minimum atomic E-state index is -0.534. The summed E-state index contributed by atoms with van der Waals surface area (Å²) in [5, 5.41) is 13.6. The second kappa shape index (κ2) is 12.0. The highest BCUT2D eigenvalue weighted by molar-refractivity contribution is 5.79. The van der Waals surface area contributed by atoms with Crippen LogP contribution in [0.1, 0.15) is 34.1 Å². The monoisotopic (exact) mass is 524 g/mol. The van der Waals surface area contributed by atoms with Gasteiger partial charge in [-0.1, -0.05) is 54.6 Å². The van der Waals surface area contributed by atoms with Crippen molar-refractivity contribution >= 4 is 10.9 Å². The van der Waals surface area contributed by atoms with E-state index >= 15 is 0 Å². The largest absolute Gasteiger partial charge is 0.497 e. The van der Waals surface area contributed by atoms with Crippen LogP contribution in [0.25, 0.3) is 10.9 Å². The summed E-state index contributed by atoms with van der Waals surface area (Å²) in [5.74, 6) is 1.36. The average Bonchev–Trinajstić information content (AvgIpc) is 3.41. The molecular formula is C30H32N6O3. The van der Waals surface area contributed by atoms with Gasteiger partial charge in [-0.05, 0) is 63.7 Å². The van der Waals surface area contributed by atoms with Crippen molar-refractivity contribution in [3.63, 3.8) is 0 Å². The third-order valence-electron chi connectivity index (χ3n) is 6.77. The molecule has 2 aromatic heterocycles. The van der Waals surface area contributed by atoms with Gasteiger partial charge < -0.3 is 14.5 Å². The van der Waals surface area contributed by atoms with Crippen molar-refractivity contribution in [3.05, 3.63) is 117 Å². The smallest absolute Gasteiger partial charge is 0.253 e. The maximum atomic E-state index is 13.7. The first-order valence-electron chi connectivity index (χ1n) is 12.8. The van der Waals surface area contributed by atoms with Gasteiger partial charge >= 0.3 is 0 Å². The van der Waals surface area contributed by atoms with Crippen molar-refractivity contribution in [3.8, 4) is 5.75 Å². The van der Waals surface area contributed by atoms with Crippen LogP contribution in [0.5, 0.6) is 5.75 Å². The first kappa shape index (κ1) is 26.3. The Morgan fingerprint density at radius 1 is 0.949 bits per heavy atom. The van der Waals surface area contributed by atoms with Gasteiger partial charge in [0.1, 0.15) is 11.8 Å². The highest BCUT2D eigenvalue weighted by atomic mass is 16.5. The Hall–Kier alpha value is -4.34. The lowest BCUT2D eigenvalue weighted by molar-refractivity contribution is 0.169. The molecular weight excluding hydrogens is 492 g/mol. The van der Waals surface area contributed by atoms with E-state index in [1.54, 1.807) is 18.9 Å². The molecule has 2 heterocycles. The third-order valence-corrected chi connectivity index (χ3v) is 6.77. The standard InChI is InChI=1S/C30H32N6O3/c1-21-9-12-24-18-26(30(37)31-27(24)17-21)28(29-32-33-34-36(29)15-16-38-2)35(19-22-7-5-4-6-8-22)20-23-10-13-25(39-3)14-11-23/h4-14,17-18,28H,15-16,19-20H2,1-3H3,(H,31,37)/t28-/m0/s1. The van der Waals surface area contributed by atoms with Crippen molar-refractivity contribution in [1.29, 1.82) is 0 Å². The van der Waals surface area contributed by atoms with Gasteiger partial charge in [0.15, 0.2) is 5.82 Å². The Morgan fingerprint density at radius 2 is 1.69 bits per heavy atom. The summed E-state index contributed by atoms with van der Waals surface area (Å²) < 4.78 is 12.4. The zero-order valence-corrected chi connectivity index (χ0v) is 22.4. The van der Waals surface area contributed by atoms with Crippen LogP contribution in [0.4, 0.5) is 0 Å². The van der Waals surface area contributed by atoms with E-state index in [1.807, 2.05) is 73.7 Å². The van der Waals surface area contributed by atoms with Crippen molar-refractivity contribution < 1.29 is 9.47 Å². The van der Waals surface area contributed by atoms with Crippen molar-refractivity contribution in [1.82, 2.24) is 30.1 Å². The van der Waals surface area contributed by atoms with Crippen molar-refractivity contribution in [2.45, 2.75) is 32.6 Å². The van der Waals surface area contributed by atoms with Crippen molar-refractivity contribution in [2.24, 2.45) is 0 Å². The first-order valence-corrected chi connectivity index (χ1v) is 12.8. The SMILES string of the molecule is COCCn1nnnc1[C@H](c1cc2ccc(C)cc2[nH]c1=O)N(Cc1ccccc1)Cc1ccc(OC)cc1. The molecule has 39 heavy (non-hydrogen) atoms. The molecule has 0 spiro atoms. The van der Waals surface area contributed by atoms with Crippen LogP contribution < -0.4 is 10.3 Å². The van der Waals surface area contributed by atoms with E-state index in [0.717, 1.165) is 33.3 Å². The minimum absolute atomic E-state index is 0.174. The first-order chi connectivity index (χ1) is 19.1. The lowest BCUT2D eigenvalue weighted by Crippen LogP contribution is -2.35. The molecule has 0 aliphatic carbocycles. The number of fused-ring (bicyclic) bond motifs is 1. The number of nitrogens with zero attached hydrogens (tertiary/aromatic N) is 5. The number of aromatic nitrogens is 5. The Morgan fingerprint density at radius 3 is 2.41 bits per heavy atom. The number of ether oxygens (including phenoxy) is 2. The summed E-state index contributed by atoms with van der Waals surface area (Å²) in [7, 11) is 3.29. The molecule has 200 valence electrons. The number of pyridine rings is 1. The third kappa shape index (κ3) is 6.05. The second-order valence-electron chi connectivity index (χ2n) is 9.54. The molecule has 9 nitrogen and oxygen atoms in total. The summed E-state index contributed by atoms with van der Waals surface area (Å²) in [6.45, 7) is 4.03. The Labute approximate surface area is 227 Å². The number of aromatic amines is 1. The fourth-order valence-electron chi connectivity index (χ4n) is 4.80. The minimum Gasteiger partial charge on any atom is -0.497 e. The van der Waals surface area contributed by atoms with Gasteiger partial charge in [0.25, 0.3) is 5.56 Å². The number of aryl methyl sites for hydroxylation is 1. The number of rotatable bonds is 11. The normalized spacial score (nSPS) is 12.2. The van der Waals surface area contributed by atoms with Crippen LogP contribution in [0.15, 0.2) is 83.7 Å². The number of nitrogens with one attached hydrogen (secondary N) is 1. The highest BCUT2D eigenvalue weighted by Gasteiger charge is 2.31. The molecule has 0 bridgehead atoms. The molecule has 0 saturated heterocycles. The number of hydrogen-bond donors (Lipinski definition) is 1. The summed E-state index contributed by atoms with van der Waals surface area (Å²) >= 11 is 0. The predicted octanol–water partition coefficient (Wildman–Crippen LogP) is 4.27. The zero-order chi connectivity index (χ0) is 27.2. The van der Waals surface area contributed by atoms with Gasteiger partial charge in [-0.25, -0.2) is 4.68 Å². The molecule has 0 aliphatic heterocycles. The van der Waals surface area contributed by atoms with Gasteiger partial charge in [-0.2, -0.15) is 0 Å². The molecule has 0 amide bonds. The van der Waals surface area contributed by atoms with E-state index in [1.165, 1.54) is 0 Å². The Balaban J connectivity index is 1.67. The zero-order valence-electron chi connectivity index (χ0n) is 22.4. The molecule has 0 unspecified atom stereocenters. The molecule has 5 rings (SSSR count). The molecule has 9 heteroatoms. The van der Waals surface area contributed by atoms with E-state index in [9.17, 15) is 4.79 Å². The average molecular weight is 525 g/mol. The van der Waals surface area contributed by atoms with Crippen LogP contribution in [-0.4, -0.2) is 50.9 Å². The van der Waals surface area contributed by atoms with Gasteiger partial charge in [0, 0.05) is 31.3 Å². The number of hydrogen-bond acceptors (Lipinski definition) is 7. The summed E-state index contributed by atoms with van der Waals surface area (Å²) in [6.07, 6.45) is 0. The van der Waals surface area contributed by atoms with E-state index in [4.69, 9.17) is 9.47 Å². The Kier molecular flexibility index (Phi) is 8.10. The molecule has 5 aromatic rings. The van der Waals surface area contributed by atoms with Crippen LogP contribution in [0.3, 0.4) is 0 Å². The molecule has 0 saturated carbocycles. The van der Waals surface area contributed by atoms with Gasteiger partial charge in [0.05, 0.1) is 20.3 Å². The number of methoxy groups -OCH3 is 2.